The fraction of sp³-hybridized carbons (Fsp3) is 0.714. The Morgan fingerprint density at radius 1 is 1.55 bits per heavy atom. The summed E-state index contributed by atoms with van der Waals surface area (Å²) in [5.41, 5.74) is 0. The predicted molar refractivity (Wildman–Crippen MR) is 40.8 cm³/mol. The minimum atomic E-state index is -0.208. The molecular formula is C7H13INO2-. The van der Waals surface area contributed by atoms with E-state index < -0.39 is 0 Å². The molecule has 3 nitrogen and oxygen atoms in total. The van der Waals surface area contributed by atoms with Crippen LogP contribution in [0, 0.1) is 10.1 Å². The normalized spacial score (nSPS) is 9.82. The van der Waals surface area contributed by atoms with Crippen LogP contribution in [0.1, 0.15) is 19.3 Å². The van der Waals surface area contributed by atoms with E-state index in [2.05, 4.69) is 6.58 Å². The second-order valence-corrected chi connectivity index (χ2v) is 4.95. The summed E-state index contributed by atoms with van der Waals surface area (Å²) < 4.78 is 1.31. The summed E-state index contributed by atoms with van der Waals surface area (Å²) in [6.07, 6.45) is 5.21. The maximum atomic E-state index is 9.91. The van der Waals surface area contributed by atoms with Crippen LogP contribution in [0.2, 0.25) is 0 Å². The number of halogens is 1. The van der Waals surface area contributed by atoms with Crippen LogP contribution in [0.3, 0.4) is 0 Å². The van der Waals surface area contributed by atoms with Crippen LogP contribution in [-0.2, 0) is 0 Å². The summed E-state index contributed by atoms with van der Waals surface area (Å²) in [5, 5.41) is 9.91. The summed E-state index contributed by atoms with van der Waals surface area (Å²) in [4.78, 5) is 9.70. The average molecular weight is 270 g/mol. The van der Waals surface area contributed by atoms with Gasteiger partial charge in [-0.15, -0.1) is 0 Å². The zero-order valence-electron chi connectivity index (χ0n) is 6.46. The van der Waals surface area contributed by atoms with Gasteiger partial charge in [0.1, 0.15) is 0 Å². The van der Waals surface area contributed by atoms with E-state index >= 15 is 0 Å². The second kappa shape index (κ2) is 7.97. The third-order valence-corrected chi connectivity index (χ3v) is 3.67. The summed E-state index contributed by atoms with van der Waals surface area (Å²) in [7, 11) is 0. The number of unbranched alkanes of at least 4 members (excludes halogenated alkanes) is 2. The molecule has 0 rings (SSSR count). The van der Waals surface area contributed by atoms with Crippen molar-refractivity contribution in [2.75, 3.05) is 8.98 Å². The predicted octanol–water partition coefficient (Wildman–Crippen LogP) is -1.33. The van der Waals surface area contributed by atoms with Crippen LogP contribution in [0.25, 0.3) is 0 Å². The number of nitro groups is 1. The molecule has 0 aromatic carbocycles. The molecule has 0 aromatic heterocycles. The first kappa shape index (κ1) is 10.9. The van der Waals surface area contributed by atoms with Crippen molar-refractivity contribution >= 4 is 0 Å². The van der Waals surface area contributed by atoms with Crippen molar-refractivity contribution in [3.05, 3.63) is 22.8 Å². The molecule has 0 N–H and O–H groups in total. The fourth-order valence-corrected chi connectivity index (χ4v) is 2.42. The Bertz CT molecular complexity index is 128. The van der Waals surface area contributed by atoms with Gasteiger partial charge in [0.25, 0.3) is 0 Å². The quantitative estimate of drug-likeness (QED) is 0.109. The van der Waals surface area contributed by atoms with Crippen molar-refractivity contribution in [1.82, 2.24) is 0 Å². The van der Waals surface area contributed by atoms with Crippen molar-refractivity contribution in [3.8, 4) is 0 Å². The molecule has 0 fully saturated rings. The van der Waals surface area contributed by atoms with E-state index in [0.717, 1.165) is 23.7 Å². The molecule has 0 bridgehead atoms. The van der Waals surface area contributed by atoms with Crippen molar-refractivity contribution in [2.45, 2.75) is 19.3 Å². The standard InChI is InChI=1S/C7H13INO2/c1-2-3-4-5-6-8-7-9(10)11/h2H,1,3-7H2/q-1. The maximum absolute atomic E-state index is 9.91. The zero-order chi connectivity index (χ0) is 8.53. The van der Waals surface area contributed by atoms with Gasteiger partial charge in [-0.2, -0.15) is 0 Å². The average Bonchev–Trinajstić information content (AvgIpc) is 1.96. The van der Waals surface area contributed by atoms with Gasteiger partial charge in [-0.1, -0.05) is 0 Å². The Balaban J connectivity index is 2.90. The Kier molecular flexibility index (Phi) is 7.88. The molecule has 11 heavy (non-hydrogen) atoms. The van der Waals surface area contributed by atoms with Crippen molar-refractivity contribution in [3.63, 3.8) is 0 Å². The molecule has 0 atom stereocenters. The van der Waals surface area contributed by atoms with E-state index in [1.54, 1.807) is 0 Å². The molecule has 0 unspecified atom stereocenters. The number of allylic oxidation sites excluding steroid dienone is 1. The van der Waals surface area contributed by atoms with Gasteiger partial charge in [-0.3, -0.25) is 0 Å². The Morgan fingerprint density at radius 3 is 2.82 bits per heavy atom. The third-order valence-electron chi connectivity index (χ3n) is 1.11. The van der Waals surface area contributed by atoms with E-state index in [9.17, 15) is 10.1 Å². The van der Waals surface area contributed by atoms with Gasteiger partial charge in [0, 0.05) is 0 Å². The SMILES string of the molecule is C=CCCCC[I-]C[N+](=O)[O-]. The van der Waals surface area contributed by atoms with Crippen LogP contribution in [0.15, 0.2) is 12.7 Å². The molecule has 0 aliphatic rings. The monoisotopic (exact) mass is 270 g/mol. The number of alkyl halides is 2. The Hall–Kier alpha value is -0.130. The topological polar surface area (TPSA) is 43.1 Å². The number of nitrogens with zero attached hydrogens (tertiary/aromatic N) is 1. The molecule has 0 amide bonds. The molecule has 4 heteroatoms. The van der Waals surface area contributed by atoms with E-state index in [0.29, 0.717) is 0 Å². The molecule has 0 saturated carbocycles. The van der Waals surface area contributed by atoms with Gasteiger partial charge >= 0.3 is 77.1 Å². The van der Waals surface area contributed by atoms with Crippen molar-refractivity contribution < 1.29 is 26.1 Å². The first-order valence-electron chi connectivity index (χ1n) is 3.53. The molecule has 0 saturated heterocycles. The van der Waals surface area contributed by atoms with Gasteiger partial charge in [0.2, 0.25) is 0 Å². The summed E-state index contributed by atoms with van der Waals surface area (Å²) in [6.45, 7) is 3.61. The first-order chi connectivity index (χ1) is 5.27. The second-order valence-electron chi connectivity index (χ2n) is 2.11. The van der Waals surface area contributed by atoms with Gasteiger partial charge in [-0.05, 0) is 0 Å². The van der Waals surface area contributed by atoms with E-state index in [1.165, 1.54) is 0 Å². The van der Waals surface area contributed by atoms with Crippen LogP contribution >= 0.6 is 0 Å². The van der Waals surface area contributed by atoms with Gasteiger partial charge in [0.05, 0.1) is 0 Å². The molecule has 0 aromatic rings. The molecule has 0 spiro atoms. The van der Waals surface area contributed by atoms with Gasteiger partial charge < -0.3 is 0 Å². The number of rotatable bonds is 7. The number of hydrogen-bond acceptors (Lipinski definition) is 2. The molecule has 0 aliphatic carbocycles. The molecule has 0 aliphatic heterocycles. The molecule has 0 heterocycles. The summed E-state index contributed by atoms with van der Waals surface area (Å²) in [6, 6.07) is 0. The summed E-state index contributed by atoms with van der Waals surface area (Å²) >= 11 is -0.167. The first-order valence-corrected chi connectivity index (χ1v) is 6.58. The van der Waals surface area contributed by atoms with E-state index in [1.807, 2.05) is 6.08 Å². The minimum absolute atomic E-state index is 0.167. The van der Waals surface area contributed by atoms with Gasteiger partial charge in [-0.25, -0.2) is 0 Å². The zero-order valence-corrected chi connectivity index (χ0v) is 8.62. The van der Waals surface area contributed by atoms with Crippen molar-refractivity contribution in [1.29, 1.82) is 0 Å². The molecule has 0 radical (unpaired) electrons. The van der Waals surface area contributed by atoms with Crippen LogP contribution < -0.4 is 21.2 Å². The Morgan fingerprint density at radius 2 is 2.27 bits per heavy atom. The third kappa shape index (κ3) is 9.87. The van der Waals surface area contributed by atoms with Gasteiger partial charge in [0.15, 0.2) is 0 Å². The molecule has 66 valence electrons. The van der Waals surface area contributed by atoms with Crippen LogP contribution in [-0.4, -0.2) is 13.9 Å². The van der Waals surface area contributed by atoms with E-state index in [4.69, 9.17) is 0 Å². The van der Waals surface area contributed by atoms with E-state index in [-0.39, 0.29) is 30.7 Å². The molecular weight excluding hydrogens is 257 g/mol. The summed E-state index contributed by atoms with van der Waals surface area (Å²) in [5.74, 6) is 0. The number of hydrogen-bond donors (Lipinski definition) is 0. The Labute approximate surface area is 77.3 Å². The fourth-order valence-electron chi connectivity index (χ4n) is 0.606. The van der Waals surface area contributed by atoms with Crippen molar-refractivity contribution in [2.24, 2.45) is 0 Å². The van der Waals surface area contributed by atoms with Crippen LogP contribution in [0.5, 0.6) is 0 Å². The van der Waals surface area contributed by atoms with Crippen LogP contribution in [0.4, 0.5) is 0 Å².